The summed E-state index contributed by atoms with van der Waals surface area (Å²) in [7, 11) is 0. The largest absolute Gasteiger partial charge is 0.326 e. The highest BCUT2D eigenvalue weighted by Gasteiger charge is 2.02. The summed E-state index contributed by atoms with van der Waals surface area (Å²) in [5.74, 6) is 1.97. The van der Waals surface area contributed by atoms with Crippen LogP contribution in [0.3, 0.4) is 0 Å². The van der Waals surface area contributed by atoms with Crippen molar-refractivity contribution in [2.24, 2.45) is 11.7 Å². The summed E-state index contributed by atoms with van der Waals surface area (Å²) in [5.41, 5.74) is 8.31. The maximum absolute atomic E-state index is 5.74. The smallest absolute Gasteiger partial charge is 0.0189 e. The van der Waals surface area contributed by atoms with Gasteiger partial charge in [-0.25, -0.2) is 0 Å². The fourth-order valence-corrected chi connectivity index (χ4v) is 2.71. The molecule has 0 saturated carbocycles. The maximum atomic E-state index is 5.74. The van der Waals surface area contributed by atoms with Gasteiger partial charge < -0.3 is 5.73 Å². The van der Waals surface area contributed by atoms with Crippen LogP contribution in [0.25, 0.3) is 0 Å². The molecule has 0 aliphatic carbocycles. The van der Waals surface area contributed by atoms with Crippen molar-refractivity contribution in [3.8, 4) is 0 Å². The third-order valence-corrected chi connectivity index (χ3v) is 3.54. The summed E-state index contributed by atoms with van der Waals surface area (Å²) >= 11 is 1.93. The number of nitrogens with two attached hydrogens (primary N) is 1. The van der Waals surface area contributed by atoms with E-state index in [-0.39, 0.29) is 0 Å². The Labute approximate surface area is 97.4 Å². The lowest BCUT2D eigenvalue weighted by Gasteiger charge is -2.09. The Bertz CT molecular complexity index is 307. The highest BCUT2D eigenvalue weighted by Crippen LogP contribution is 2.25. The summed E-state index contributed by atoms with van der Waals surface area (Å²) in [6.07, 6.45) is 1.27. The molecule has 0 radical (unpaired) electrons. The van der Waals surface area contributed by atoms with Crippen molar-refractivity contribution in [3.63, 3.8) is 0 Å². The normalized spacial score (nSPS) is 11.0. The third kappa shape index (κ3) is 4.27. The van der Waals surface area contributed by atoms with E-state index in [1.807, 2.05) is 11.8 Å². The second-order valence-electron chi connectivity index (χ2n) is 4.35. The van der Waals surface area contributed by atoms with Crippen molar-refractivity contribution in [1.29, 1.82) is 0 Å². The van der Waals surface area contributed by atoms with Crippen molar-refractivity contribution in [3.05, 3.63) is 29.3 Å². The van der Waals surface area contributed by atoms with Crippen molar-refractivity contribution >= 4 is 11.8 Å². The summed E-state index contributed by atoms with van der Waals surface area (Å²) in [6.45, 7) is 7.28. The van der Waals surface area contributed by atoms with E-state index in [1.54, 1.807) is 0 Å². The molecule has 0 aliphatic rings. The van der Waals surface area contributed by atoms with E-state index in [4.69, 9.17) is 5.73 Å². The van der Waals surface area contributed by atoms with E-state index >= 15 is 0 Å². The van der Waals surface area contributed by atoms with Gasteiger partial charge in [0, 0.05) is 11.4 Å². The Morgan fingerprint density at radius 1 is 1.33 bits per heavy atom. The molecule has 0 amide bonds. The second-order valence-corrected chi connectivity index (χ2v) is 5.48. The number of rotatable bonds is 5. The zero-order valence-corrected chi connectivity index (χ0v) is 10.7. The second kappa shape index (κ2) is 6.19. The molecule has 2 heteroatoms. The van der Waals surface area contributed by atoms with Gasteiger partial charge in [0.05, 0.1) is 0 Å². The Morgan fingerprint density at radius 2 is 2.07 bits per heavy atom. The lowest BCUT2D eigenvalue weighted by Crippen LogP contribution is -1.99. The number of thioether (sulfide) groups is 1. The van der Waals surface area contributed by atoms with Crippen LogP contribution in [0.15, 0.2) is 23.1 Å². The van der Waals surface area contributed by atoms with Crippen LogP contribution in [-0.2, 0) is 6.54 Å². The van der Waals surface area contributed by atoms with E-state index in [0.717, 1.165) is 5.92 Å². The molecule has 84 valence electrons. The van der Waals surface area contributed by atoms with Crippen LogP contribution < -0.4 is 5.73 Å². The fraction of sp³-hybridized carbons (Fsp3) is 0.538. The molecule has 0 bridgehead atoms. The van der Waals surface area contributed by atoms with Crippen molar-refractivity contribution in [1.82, 2.24) is 0 Å². The number of hydrogen-bond acceptors (Lipinski definition) is 2. The van der Waals surface area contributed by atoms with Gasteiger partial charge in [-0.15, -0.1) is 11.8 Å². The van der Waals surface area contributed by atoms with Crippen molar-refractivity contribution < 1.29 is 0 Å². The molecule has 0 fully saturated rings. The van der Waals surface area contributed by atoms with E-state index in [1.165, 1.54) is 28.2 Å². The fourth-order valence-electron chi connectivity index (χ4n) is 1.41. The van der Waals surface area contributed by atoms with Gasteiger partial charge in [0.25, 0.3) is 0 Å². The van der Waals surface area contributed by atoms with Crippen molar-refractivity contribution in [2.45, 2.75) is 38.6 Å². The minimum absolute atomic E-state index is 0.645. The minimum atomic E-state index is 0.645. The first-order valence-corrected chi connectivity index (χ1v) is 6.54. The van der Waals surface area contributed by atoms with Gasteiger partial charge in [0.2, 0.25) is 0 Å². The molecule has 0 aliphatic heterocycles. The highest BCUT2D eigenvalue weighted by molar-refractivity contribution is 7.99. The van der Waals surface area contributed by atoms with E-state index in [9.17, 15) is 0 Å². The zero-order chi connectivity index (χ0) is 11.3. The molecule has 0 saturated heterocycles. The Balaban J connectivity index is 2.60. The number of hydrogen-bond donors (Lipinski definition) is 1. The van der Waals surface area contributed by atoms with E-state index in [2.05, 4.69) is 39.0 Å². The molecule has 15 heavy (non-hydrogen) atoms. The van der Waals surface area contributed by atoms with Crippen LogP contribution in [-0.4, -0.2) is 5.75 Å². The zero-order valence-electron chi connectivity index (χ0n) is 9.92. The molecule has 1 aromatic rings. The highest BCUT2D eigenvalue weighted by atomic mass is 32.2. The number of aryl methyl sites for hydroxylation is 1. The van der Waals surface area contributed by atoms with Crippen LogP contribution in [0.2, 0.25) is 0 Å². The van der Waals surface area contributed by atoms with Crippen LogP contribution >= 0.6 is 11.8 Å². The lowest BCUT2D eigenvalue weighted by atomic mass is 10.1. The molecule has 2 N–H and O–H groups in total. The summed E-state index contributed by atoms with van der Waals surface area (Å²) in [4.78, 5) is 1.35. The molecule has 0 atom stereocenters. The van der Waals surface area contributed by atoms with Gasteiger partial charge in [-0.3, -0.25) is 0 Å². The standard InChI is InChI=1S/C13H21NS/c1-10(2)6-7-15-13-5-4-11(3)8-12(13)9-14/h4-5,8,10H,6-7,9,14H2,1-3H3. The predicted molar refractivity (Wildman–Crippen MR) is 69.2 cm³/mol. The molecule has 1 aromatic carbocycles. The van der Waals surface area contributed by atoms with Crippen LogP contribution in [0.5, 0.6) is 0 Å². The Morgan fingerprint density at radius 3 is 2.67 bits per heavy atom. The quantitative estimate of drug-likeness (QED) is 0.772. The monoisotopic (exact) mass is 223 g/mol. The van der Waals surface area contributed by atoms with Gasteiger partial charge in [-0.1, -0.05) is 31.5 Å². The molecule has 0 spiro atoms. The van der Waals surface area contributed by atoms with E-state index < -0.39 is 0 Å². The lowest BCUT2D eigenvalue weighted by molar-refractivity contribution is 0.632. The van der Waals surface area contributed by atoms with Gasteiger partial charge in [-0.05, 0) is 36.6 Å². The van der Waals surface area contributed by atoms with Crippen LogP contribution in [0, 0.1) is 12.8 Å². The SMILES string of the molecule is Cc1ccc(SCCC(C)C)c(CN)c1. The van der Waals surface area contributed by atoms with Crippen LogP contribution in [0.4, 0.5) is 0 Å². The molecular weight excluding hydrogens is 202 g/mol. The molecule has 0 unspecified atom stereocenters. The predicted octanol–water partition coefficient (Wildman–Crippen LogP) is 3.59. The van der Waals surface area contributed by atoms with Gasteiger partial charge in [0.1, 0.15) is 0 Å². The minimum Gasteiger partial charge on any atom is -0.326 e. The molecule has 0 aromatic heterocycles. The first-order chi connectivity index (χ1) is 7.13. The molecule has 1 rings (SSSR count). The van der Waals surface area contributed by atoms with Crippen LogP contribution in [0.1, 0.15) is 31.4 Å². The summed E-state index contributed by atoms with van der Waals surface area (Å²) in [6, 6.07) is 6.55. The molecule has 0 heterocycles. The Hall–Kier alpha value is -0.470. The van der Waals surface area contributed by atoms with Gasteiger partial charge in [-0.2, -0.15) is 0 Å². The van der Waals surface area contributed by atoms with Gasteiger partial charge >= 0.3 is 0 Å². The summed E-state index contributed by atoms with van der Waals surface area (Å²) in [5, 5.41) is 0. The third-order valence-electron chi connectivity index (χ3n) is 2.39. The van der Waals surface area contributed by atoms with E-state index in [0.29, 0.717) is 6.54 Å². The maximum Gasteiger partial charge on any atom is 0.0189 e. The molecular formula is C13H21NS. The average Bonchev–Trinajstić information content (AvgIpc) is 2.19. The average molecular weight is 223 g/mol. The first-order valence-electron chi connectivity index (χ1n) is 5.56. The topological polar surface area (TPSA) is 26.0 Å². The van der Waals surface area contributed by atoms with Gasteiger partial charge in [0.15, 0.2) is 0 Å². The molecule has 1 nitrogen and oxygen atoms in total. The first kappa shape index (κ1) is 12.6. The summed E-state index contributed by atoms with van der Waals surface area (Å²) < 4.78 is 0. The number of benzene rings is 1. The van der Waals surface area contributed by atoms with Crippen molar-refractivity contribution in [2.75, 3.05) is 5.75 Å². The Kier molecular flexibility index (Phi) is 5.20.